The third-order valence-corrected chi connectivity index (χ3v) is 2.77. The lowest BCUT2D eigenvalue weighted by Gasteiger charge is -2.19. The molecular weight excluding hydrogens is 257 g/mol. The molecule has 0 bridgehead atoms. The second-order valence-corrected chi connectivity index (χ2v) is 4.15. The van der Waals surface area contributed by atoms with Gasteiger partial charge in [-0.3, -0.25) is 10.3 Å². The largest absolute Gasteiger partial charge is 0.401 e. The SMILES string of the molecule is OCC(NCC(F)(F)F)c1cccc2cccnc12. The van der Waals surface area contributed by atoms with Gasteiger partial charge in [0.15, 0.2) is 0 Å². The van der Waals surface area contributed by atoms with Crippen molar-refractivity contribution < 1.29 is 18.3 Å². The van der Waals surface area contributed by atoms with E-state index in [1.54, 1.807) is 24.4 Å². The molecule has 2 aromatic rings. The highest BCUT2D eigenvalue weighted by molar-refractivity contribution is 5.82. The Bertz CT molecular complexity index is 552. The fraction of sp³-hybridized carbons (Fsp3) is 0.308. The summed E-state index contributed by atoms with van der Waals surface area (Å²) in [7, 11) is 0. The van der Waals surface area contributed by atoms with E-state index in [2.05, 4.69) is 10.3 Å². The van der Waals surface area contributed by atoms with Crippen molar-refractivity contribution in [1.82, 2.24) is 10.3 Å². The maximum Gasteiger partial charge on any atom is 0.401 e. The predicted molar refractivity (Wildman–Crippen MR) is 65.6 cm³/mol. The van der Waals surface area contributed by atoms with Gasteiger partial charge in [-0.2, -0.15) is 13.2 Å². The molecule has 1 aromatic heterocycles. The normalized spacial score (nSPS) is 13.7. The van der Waals surface area contributed by atoms with Crippen LogP contribution in [0.3, 0.4) is 0 Å². The number of alkyl halides is 3. The molecule has 0 saturated carbocycles. The minimum absolute atomic E-state index is 0.425. The first kappa shape index (κ1) is 13.8. The lowest BCUT2D eigenvalue weighted by Crippen LogP contribution is -2.33. The van der Waals surface area contributed by atoms with E-state index in [4.69, 9.17) is 0 Å². The number of rotatable bonds is 4. The van der Waals surface area contributed by atoms with Crippen LogP contribution in [0.15, 0.2) is 36.5 Å². The molecule has 0 fully saturated rings. The Kier molecular flexibility index (Phi) is 4.01. The van der Waals surface area contributed by atoms with Crippen molar-refractivity contribution in [2.45, 2.75) is 12.2 Å². The summed E-state index contributed by atoms with van der Waals surface area (Å²) in [6.07, 6.45) is -2.74. The van der Waals surface area contributed by atoms with Gasteiger partial charge in [0.25, 0.3) is 0 Å². The Hall–Kier alpha value is -1.66. The van der Waals surface area contributed by atoms with E-state index in [-0.39, 0.29) is 0 Å². The number of nitrogens with zero attached hydrogens (tertiary/aromatic N) is 1. The van der Waals surface area contributed by atoms with Crippen LogP contribution in [0, 0.1) is 0 Å². The topological polar surface area (TPSA) is 45.1 Å². The zero-order valence-corrected chi connectivity index (χ0v) is 9.98. The van der Waals surface area contributed by atoms with Crippen LogP contribution in [0.5, 0.6) is 0 Å². The fourth-order valence-corrected chi connectivity index (χ4v) is 1.92. The number of pyridine rings is 1. The van der Waals surface area contributed by atoms with Gasteiger partial charge in [-0.05, 0) is 11.6 Å². The number of aromatic nitrogens is 1. The van der Waals surface area contributed by atoms with Crippen molar-refractivity contribution in [2.75, 3.05) is 13.2 Å². The lowest BCUT2D eigenvalue weighted by molar-refractivity contribution is -0.126. The summed E-state index contributed by atoms with van der Waals surface area (Å²) in [6, 6.07) is 8.01. The van der Waals surface area contributed by atoms with E-state index in [1.165, 1.54) is 0 Å². The number of halogens is 3. The highest BCUT2D eigenvalue weighted by Gasteiger charge is 2.28. The quantitative estimate of drug-likeness (QED) is 0.896. The van der Waals surface area contributed by atoms with Crippen LogP contribution in [0.1, 0.15) is 11.6 Å². The zero-order chi connectivity index (χ0) is 13.9. The molecule has 0 aliphatic rings. The Morgan fingerprint density at radius 1 is 1.21 bits per heavy atom. The summed E-state index contributed by atoms with van der Waals surface area (Å²) >= 11 is 0. The van der Waals surface area contributed by atoms with E-state index in [1.807, 2.05) is 12.1 Å². The molecule has 2 rings (SSSR count). The number of para-hydroxylation sites is 1. The molecule has 1 heterocycles. The monoisotopic (exact) mass is 270 g/mol. The summed E-state index contributed by atoms with van der Waals surface area (Å²) < 4.78 is 36.7. The molecule has 3 nitrogen and oxygen atoms in total. The first-order chi connectivity index (χ1) is 9.01. The number of aliphatic hydroxyl groups is 1. The number of benzene rings is 1. The second-order valence-electron chi connectivity index (χ2n) is 4.15. The molecule has 0 amide bonds. The van der Waals surface area contributed by atoms with Crippen molar-refractivity contribution in [2.24, 2.45) is 0 Å². The summed E-state index contributed by atoms with van der Waals surface area (Å²) in [5, 5.41) is 12.4. The molecule has 1 aromatic carbocycles. The molecule has 2 N–H and O–H groups in total. The standard InChI is InChI=1S/C13H13F3N2O/c14-13(15,16)8-18-11(7-19)10-5-1-3-9-4-2-6-17-12(9)10/h1-6,11,18-19H,7-8H2. The third kappa shape index (κ3) is 3.42. The number of fused-ring (bicyclic) bond motifs is 1. The van der Waals surface area contributed by atoms with Gasteiger partial charge in [-0.1, -0.05) is 24.3 Å². The van der Waals surface area contributed by atoms with Crippen molar-refractivity contribution >= 4 is 10.9 Å². The van der Waals surface area contributed by atoms with E-state index >= 15 is 0 Å². The fourth-order valence-electron chi connectivity index (χ4n) is 1.92. The molecule has 1 atom stereocenters. The number of hydrogen-bond acceptors (Lipinski definition) is 3. The Balaban J connectivity index is 2.30. The molecule has 102 valence electrons. The van der Waals surface area contributed by atoms with Crippen LogP contribution in [-0.2, 0) is 0 Å². The summed E-state index contributed by atoms with van der Waals surface area (Å²) in [6.45, 7) is -1.58. The number of hydrogen-bond donors (Lipinski definition) is 2. The van der Waals surface area contributed by atoms with Crippen molar-refractivity contribution in [3.63, 3.8) is 0 Å². The van der Waals surface area contributed by atoms with Crippen LogP contribution in [0.25, 0.3) is 10.9 Å². The van der Waals surface area contributed by atoms with Crippen molar-refractivity contribution in [3.8, 4) is 0 Å². The second kappa shape index (κ2) is 5.54. The highest BCUT2D eigenvalue weighted by Crippen LogP contribution is 2.23. The Labute approximate surface area is 108 Å². The molecule has 0 saturated heterocycles. The minimum Gasteiger partial charge on any atom is -0.394 e. The number of nitrogens with one attached hydrogen (secondary N) is 1. The predicted octanol–water partition coefficient (Wildman–Crippen LogP) is 2.42. The van der Waals surface area contributed by atoms with E-state index < -0.39 is 25.4 Å². The highest BCUT2D eigenvalue weighted by atomic mass is 19.4. The first-order valence-electron chi connectivity index (χ1n) is 5.76. The molecule has 6 heteroatoms. The van der Waals surface area contributed by atoms with Crippen molar-refractivity contribution in [3.05, 3.63) is 42.1 Å². The van der Waals surface area contributed by atoms with Gasteiger partial charge >= 0.3 is 6.18 Å². The van der Waals surface area contributed by atoms with Crippen LogP contribution in [-0.4, -0.2) is 29.4 Å². The van der Waals surface area contributed by atoms with E-state index in [0.29, 0.717) is 11.1 Å². The summed E-state index contributed by atoms with van der Waals surface area (Å²) in [4.78, 5) is 4.16. The van der Waals surface area contributed by atoms with E-state index in [9.17, 15) is 18.3 Å². The van der Waals surface area contributed by atoms with Crippen LogP contribution < -0.4 is 5.32 Å². The average Bonchev–Trinajstić information content (AvgIpc) is 2.38. The smallest absolute Gasteiger partial charge is 0.394 e. The van der Waals surface area contributed by atoms with Crippen LogP contribution in [0.2, 0.25) is 0 Å². The molecule has 0 aliphatic carbocycles. The zero-order valence-electron chi connectivity index (χ0n) is 9.98. The molecule has 0 radical (unpaired) electrons. The molecule has 19 heavy (non-hydrogen) atoms. The average molecular weight is 270 g/mol. The summed E-state index contributed by atoms with van der Waals surface area (Å²) in [5.74, 6) is 0. The Morgan fingerprint density at radius 2 is 1.95 bits per heavy atom. The van der Waals surface area contributed by atoms with Crippen molar-refractivity contribution in [1.29, 1.82) is 0 Å². The van der Waals surface area contributed by atoms with Gasteiger partial charge in [0, 0.05) is 11.6 Å². The van der Waals surface area contributed by atoms with Gasteiger partial charge in [0.2, 0.25) is 0 Å². The summed E-state index contributed by atoms with van der Waals surface area (Å²) in [5.41, 5.74) is 1.16. The van der Waals surface area contributed by atoms with Crippen LogP contribution in [0.4, 0.5) is 13.2 Å². The maximum absolute atomic E-state index is 12.2. The molecule has 1 unspecified atom stereocenters. The maximum atomic E-state index is 12.2. The van der Waals surface area contributed by atoms with E-state index in [0.717, 1.165) is 5.39 Å². The van der Waals surface area contributed by atoms with Gasteiger partial charge in [-0.25, -0.2) is 0 Å². The molecule has 0 aliphatic heterocycles. The van der Waals surface area contributed by atoms with Gasteiger partial charge < -0.3 is 5.11 Å². The lowest BCUT2D eigenvalue weighted by atomic mass is 10.0. The van der Waals surface area contributed by atoms with Gasteiger partial charge in [0.1, 0.15) is 0 Å². The Morgan fingerprint density at radius 3 is 2.63 bits per heavy atom. The van der Waals surface area contributed by atoms with Gasteiger partial charge in [0.05, 0.1) is 24.7 Å². The third-order valence-electron chi connectivity index (χ3n) is 2.77. The minimum atomic E-state index is -4.31. The molecule has 0 spiro atoms. The number of aliphatic hydroxyl groups excluding tert-OH is 1. The molecular formula is C13H13F3N2O. The van der Waals surface area contributed by atoms with Crippen LogP contribution >= 0.6 is 0 Å². The van der Waals surface area contributed by atoms with Gasteiger partial charge in [-0.15, -0.1) is 0 Å². The first-order valence-corrected chi connectivity index (χ1v) is 5.76.